The van der Waals surface area contributed by atoms with Crippen LogP contribution in [0.3, 0.4) is 0 Å². The van der Waals surface area contributed by atoms with E-state index in [2.05, 4.69) is 23.1 Å². The van der Waals surface area contributed by atoms with Crippen molar-refractivity contribution in [2.45, 2.75) is 19.4 Å². The van der Waals surface area contributed by atoms with Gasteiger partial charge in [-0.2, -0.15) is 5.26 Å². The molecule has 1 aliphatic heterocycles. The van der Waals surface area contributed by atoms with Gasteiger partial charge >= 0.3 is 0 Å². The Labute approximate surface area is 124 Å². The minimum absolute atomic E-state index is 0.0889. The summed E-state index contributed by atoms with van der Waals surface area (Å²) in [7, 11) is 0. The SMILES string of the molecule is C[C@@H](C#N)c1ccc(N2Cc3ccccc3C=C2N)cc1. The summed E-state index contributed by atoms with van der Waals surface area (Å²) in [4.78, 5) is 2.09. The fourth-order valence-electron chi connectivity index (χ4n) is 2.58. The van der Waals surface area contributed by atoms with Crippen LogP contribution in [0.1, 0.15) is 29.5 Å². The number of anilines is 1. The number of hydrogen-bond donors (Lipinski definition) is 1. The maximum Gasteiger partial charge on any atom is 0.104 e. The average Bonchev–Trinajstić information content (AvgIpc) is 2.53. The van der Waals surface area contributed by atoms with Gasteiger partial charge in [-0.1, -0.05) is 36.4 Å². The summed E-state index contributed by atoms with van der Waals surface area (Å²) in [6.07, 6.45) is 2.00. The van der Waals surface area contributed by atoms with Crippen LogP contribution >= 0.6 is 0 Å². The maximum atomic E-state index is 8.97. The van der Waals surface area contributed by atoms with E-state index in [1.807, 2.05) is 49.4 Å². The topological polar surface area (TPSA) is 53.0 Å². The first-order chi connectivity index (χ1) is 10.2. The summed E-state index contributed by atoms with van der Waals surface area (Å²) in [5.74, 6) is 0.656. The predicted octanol–water partition coefficient (Wildman–Crippen LogP) is 3.59. The molecule has 3 rings (SSSR count). The van der Waals surface area contributed by atoms with Gasteiger partial charge in [0.05, 0.1) is 18.5 Å². The largest absolute Gasteiger partial charge is 0.385 e. The lowest BCUT2D eigenvalue weighted by Crippen LogP contribution is -2.29. The Bertz CT molecular complexity index is 723. The number of benzene rings is 2. The van der Waals surface area contributed by atoms with E-state index in [4.69, 9.17) is 11.0 Å². The number of hydrogen-bond acceptors (Lipinski definition) is 3. The first-order valence-corrected chi connectivity index (χ1v) is 7.01. The minimum Gasteiger partial charge on any atom is -0.385 e. The van der Waals surface area contributed by atoms with Crippen molar-refractivity contribution in [2.24, 2.45) is 5.73 Å². The standard InChI is InChI=1S/C18H17N3/c1-13(11-19)14-6-8-17(9-7-14)21-12-16-5-3-2-4-15(16)10-18(21)20/h2-10,13H,12,20H2,1H3/t13-/m0/s1. The van der Waals surface area contributed by atoms with Gasteiger partial charge in [0.25, 0.3) is 0 Å². The quantitative estimate of drug-likeness (QED) is 0.911. The molecule has 3 nitrogen and oxygen atoms in total. The van der Waals surface area contributed by atoms with Crippen molar-refractivity contribution in [2.75, 3.05) is 4.90 Å². The molecule has 0 spiro atoms. The number of fused-ring (bicyclic) bond motifs is 1. The third-order valence-electron chi connectivity index (χ3n) is 3.90. The van der Waals surface area contributed by atoms with Gasteiger partial charge in [-0.05, 0) is 41.8 Å². The van der Waals surface area contributed by atoms with Gasteiger partial charge in [0, 0.05) is 5.69 Å². The van der Waals surface area contributed by atoms with Gasteiger partial charge in [-0.25, -0.2) is 0 Å². The highest BCUT2D eigenvalue weighted by atomic mass is 15.2. The van der Waals surface area contributed by atoms with Crippen molar-refractivity contribution in [1.82, 2.24) is 0 Å². The van der Waals surface area contributed by atoms with E-state index in [1.54, 1.807) is 0 Å². The highest BCUT2D eigenvalue weighted by molar-refractivity contribution is 5.67. The Morgan fingerprint density at radius 2 is 1.86 bits per heavy atom. The molecule has 3 heteroatoms. The van der Waals surface area contributed by atoms with Crippen molar-refractivity contribution in [3.63, 3.8) is 0 Å². The van der Waals surface area contributed by atoms with E-state index in [-0.39, 0.29) is 5.92 Å². The molecule has 1 aliphatic rings. The Morgan fingerprint density at radius 3 is 2.57 bits per heavy atom. The molecule has 0 radical (unpaired) electrons. The zero-order valence-electron chi connectivity index (χ0n) is 12.0. The van der Waals surface area contributed by atoms with E-state index in [0.29, 0.717) is 0 Å². The molecule has 2 N–H and O–H groups in total. The number of rotatable bonds is 2. The molecule has 0 bridgehead atoms. The lowest BCUT2D eigenvalue weighted by molar-refractivity contribution is 0.885. The van der Waals surface area contributed by atoms with Crippen LogP contribution in [0.2, 0.25) is 0 Å². The second kappa shape index (κ2) is 5.34. The summed E-state index contributed by atoms with van der Waals surface area (Å²) >= 11 is 0. The second-order valence-corrected chi connectivity index (χ2v) is 5.30. The van der Waals surface area contributed by atoms with Gasteiger partial charge in [0.2, 0.25) is 0 Å². The zero-order valence-corrected chi connectivity index (χ0v) is 12.0. The summed E-state index contributed by atoms with van der Waals surface area (Å²) < 4.78 is 0. The zero-order chi connectivity index (χ0) is 14.8. The molecule has 104 valence electrons. The Hall–Kier alpha value is -2.73. The van der Waals surface area contributed by atoms with Crippen LogP contribution in [0, 0.1) is 11.3 Å². The van der Waals surface area contributed by atoms with Crippen LogP contribution in [0.5, 0.6) is 0 Å². The summed E-state index contributed by atoms with van der Waals surface area (Å²) in [5.41, 5.74) is 10.7. The molecule has 2 aromatic rings. The van der Waals surface area contributed by atoms with Crippen LogP contribution in [0.15, 0.2) is 54.4 Å². The smallest absolute Gasteiger partial charge is 0.104 e. The predicted molar refractivity (Wildman–Crippen MR) is 85.3 cm³/mol. The van der Waals surface area contributed by atoms with Crippen molar-refractivity contribution < 1.29 is 0 Å². The second-order valence-electron chi connectivity index (χ2n) is 5.30. The van der Waals surface area contributed by atoms with Gasteiger partial charge in [0.15, 0.2) is 0 Å². The van der Waals surface area contributed by atoms with Crippen LogP contribution in [0.25, 0.3) is 6.08 Å². The molecule has 0 saturated carbocycles. The number of nitrogens with zero attached hydrogens (tertiary/aromatic N) is 2. The highest BCUT2D eigenvalue weighted by Gasteiger charge is 2.17. The first kappa shape index (κ1) is 13.3. The monoisotopic (exact) mass is 275 g/mol. The van der Waals surface area contributed by atoms with Gasteiger partial charge in [-0.3, -0.25) is 0 Å². The summed E-state index contributed by atoms with van der Waals surface area (Å²) in [5, 5.41) is 8.97. The van der Waals surface area contributed by atoms with Gasteiger partial charge in [-0.15, -0.1) is 0 Å². The lowest BCUT2D eigenvalue weighted by Gasteiger charge is -2.29. The molecule has 0 unspecified atom stereocenters. The van der Waals surface area contributed by atoms with Crippen LogP contribution in [0.4, 0.5) is 5.69 Å². The number of nitrogens with two attached hydrogens (primary N) is 1. The molecular weight excluding hydrogens is 258 g/mol. The minimum atomic E-state index is -0.0889. The third-order valence-corrected chi connectivity index (χ3v) is 3.90. The van der Waals surface area contributed by atoms with Crippen molar-refractivity contribution in [3.05, 3.63) is 71.0 Å². The van der Waals surface area contributed by atoms with Crippen molar-refractivity contribution in [3.8, 4) is 6.07 Å². The van der Waals surface area contributed by atoms with E-state index in [1.165, 1.54) is 11.1 Å². The summed E-state index contributed by atoms with van der Waals surface area (Å²) in [6.45, 7) is 2.67. The molecule has 1 heterocycles. The normalized spacial score (nSPS) is 14.9. The Morgan fingerprint density at radius 1 is 1.14 bits per heavy atom. The van der Waals surface area contributed by atoms with Crippen LogP contribution < -0.4 is 10.6 Å². The van der Waals surface area contributed by atoms with E-state index in [0.717, 1.165) is 23.6 Å². The molecule has 1 atom stereocenters. The van der Waals surface area contributed by atoms with Gasteiger partial charge < -0.3 is 10.6 Å². The van der Waals surface area contributed by atoms with Crippen molar-refractivity contribution >= 4 is 11.8 Å². The van der Waals surface area contributed by atoms with E-state index in [9.17, 15) is 0 Å². The third kappa shape index (κ3) is 2.48. The molecule has 0 fully saturated rings. The van der Waals surface area contributed by atoms with Gasteiger partial charge in [0.1, 0.15) is 5.82 Å². The lowest BCUT2D eigenvalue weighted by atomic mass is 10.0. The number of nitriles is 1. The molecule has 0 saturated heterocycles. The maximum absolute atomic E-state index is 8.97. The Balaban J connectivity index is 1.91. The van der Waals surface area contributed by atoms with E-state index < -0.39 is 0 Å². The first-order valence-electron chi connectivity index (χ1n) is 7.01. The fraction of sp³-hybridized carbons (Fsp3) is 0.167. The molecule has 0 amide bonds. The molecular formula is C18H17N3. The van der Waals surface area contributed by atoms with Crippen molar-refractivity contribution in [1.29, 1.82) is 5.26 Å². The summed E-state index contributed by atoms with van der Waals surface area (Å²) in [6, 6.07) is 18.6. The molecule has 0 aromatic heterocycles. The molecule has 0 aliphatic carbocycles. The highest BCUT2D eigenvalue weighted by Crippen LogP contribution is 2.28. The fourth-order valence-corrected chi connectivity index (χ4v) is 2.58. The molecule has 2 aromatic carbocycles. The van der Waals surface area contributed by atoms with Crippen LogP contribution in [-0.2, 0) is 6.54 Å². The van der Waals surface area contributed by atoms with Crippen LogP contribution in [-0.4, -0.2) is 0 Å². The Kier molecular flexibility index (Phi) is 3.37. The van der Waals surface area contributed by atoms with E-state index >= 15 is 0 Å². The molecule has 21 heavy (non-hydrogen) atoms. The average molecular weight is 275 g/mol.